The van der Waals surface area contributed by atoms with Gasteiger partial charge in [-0.15, -0.1) is 0 Å². The van der Waals surface area contributed by atoms with Gasteiger partial charge in [-0.1, -0.05) is 0 Å². The highest BCUT2D eigenvalue weighted by Gasteiger charge is 2.23. The first kappa shape index (κ1) is 12.9. The van der Waals surface area contributed by atoms with Crippen molar-refractivity contribution < 1.29 is 19.8 Å². The number of carbonyl (C=O) groups excluding carboxylic acids is 1. The molecule has 0 aromatic carbocycles. The molecule has 0 radical (unpaired) electrons. The van der Waals surface area contributed by atoms with Gasteiger partial charge in [-0.2, -0.15) is 0 Å². The summed E-state index contributed by atoms with van der Waals surface area (Å²) in [7, 11) is 0. The molecule has 7 nitrogen and oxygen atoms in total. The van der Waals surface area contributed by atoms with Crippen molar-refractivity contribution in [3.8, 4) is 0 Å². The summed E-state index contributed by atoms with van der Waals surface area (Å²) in [5, 5.41) is 16.8. The van der Waals surface area contributed by atoms with Crippen LogP contribution in [0.15, 0.2) is 12.4 Å². The minimum atomic E-state index is -1.83. The van der Waals surface area contributed by atoms with E-state index in [1.54, 1.807) is 19.3 Å². The van der Waals surface area contributed by atoms with Crippen molar-refractivity contribution in [2.75, 3.05) is 0 Å². The zero-order valence-corrected chi connectivity index (χ0v) is 9.25. The van der Waals surface area contributed by atoms with Crippen molar-refractivity contribution in [2.24, 2.45) is 0 Å². The number of amides is 1. The monoisotopic (exact) mass is 239 g/mol. The maximum absolute atomic E-state index is 11.4. The zero-order valence-electron chi connectivity index (χ0n) is 9.25. The number of nitrogens with one attached hydrogen (secondary N) is 1. The predicted octanol–water partition coefficient (Wildman–Crippen LogP) is 0.900. The largest absolute Gasteiger partial charge is 0.503 e. The van der Waals surface area contributed by atoms with E-state index in [9.17, 15) is 4.79 Å². The van der Waals surface area contributed by atoms with Crippen LogP contribution in [0, 0.1) is 6.92 Å². The first-order valence-electron chi connectivity index (χ1n) is 5.00. The number of hydrogen-bond donors (Lipinski definition) is 3. The molecule has 1 aromatic rings. The van der Waals surface area contributed by atoms with E-state index in [0.29, 0.717) is 17.4 Å². The Hall–Kier alpha value is -2.18. The molecule has 1 saturated carbocycles. The first-order valence-corrected chi connectivity index (χ1v) is 5.00. The molecule has 0 bridgehead atoms. The predicted molar refractivity (Wildman–Crippen MR) is 57.9 cm³/mol. The smallest absolute Gasteiger partial charge is 0.450 e. The molecule has 0 spiro atoms. The molecule has 1 fully saturated rings. The summed E-state index contributed by atoms with van der Waals surface area (Å²) in [6.07, 6.45) is 3.47. The molecule has 2 rings (SSSR count). The van der Waals surface area contributed by atoms with Gasteiger partial charge in [0, 0.05) is 18.4 Å². The van der Waals surface area contributed by atoms with Gasteiger partial charge >= 0.3 is 6.16 Å². The molecule has 1 aliphatic rings. The van der Waals surface area contributed by atoms with Crippen LogP contribution in [0.5, 0.6) is 0 Å². The van der Waals surface area contributed by atoms with Crippen LogP contribution in [0.2, 0.25) is 0 Å². The SMILES string of the molecule is Cc1ncc(C(=O)NC2CC2)cn1.O=C(O)O. The van der Waals surface area contributed by atoms with E-state index in [1.165, 1.54) is 0 Å². The van der Waals surface area contributed by atoms with Gasteiger partial charge < -0.3 is 15.5 Å². The van der Waals surface area contributed by atoms with E-state index in [2.05, 4.69) is 15.3 Å². The second-order valence-electron chi connectivity index (χ2n) is 3.55. The van der Waals surface area contributed by atoms with E-state index in [4.69, 9.17) is 15.0 Å². The summed E-state index contributed by atoms with van der Waals surface area (Å²) >= 11 is 0. The highest BCUT2D eigenvalue weighted by atomic mass is 16.6. The summed E-state index contributed by atoms with van der Waals surface area (Å²) in [6.45, 7) is 1.79. The van der Waals surface area contributed by atoms with Crippen molar-refractivity contribution >= 4 is 12.1 Å². The molecule has 0 unspecified atom stereocenters. The summed E-state index contributed by atoms with van der Waals surface area (Å²) in [4.78, 5) is 27.9. The molecule has 1 amide bonds. The van der Waals surface area contributed by atoms with Gasteiger partial charge in [0.1, 0.15) is 5.82 Å². The lowest BCUT2D eigenvalue weighted by molar-refractivity contribution is 0.0950. The molecule has 3 N–H and O–H groups in total. The van der Waals surface area contributed by atoms with E-state index < -0.39 is 6.16 Å². The van der Waals surface area contributed by atoms with Crippen molar-refractivity contribution in [3.05, 3.63) is 23.8 Å². The lowest BCUT2D eigenvalue weighted by atomic mass is 10.3. The van der Waals surface area contributed by atoms with E-state index in [0.717, 1.165) is 12.8 Å². The number of carboxylic acid groups (broad SMARTS) is 2. The molecule has 0 aliphatic heterocycles. The van der Waals surface area contributed by atoms with Crippen LogP contribution in [-0.2, 0) is 0 Å². The van der Waals surface area contributed by atoms with Gasteiger partial charge in [0.2, 0.25) is 0 Å². The highest BCUT2D eigenvalue weighted by Crippen LogP contribution is 2.19. The van der Waals surface area contributed by atoms with Crippen molar-refractivity contribution in [3.63, 3.8) is 0 Å². The highest BCUT2D eigenvalue weighted by molar-refractivity contribution is 5.93. The molecule has 1 heterocycles. The summed E-state index contributed by atoms with van der Waals surface area (Å²) in [6, 6.07) is 0.383. The minimum Gasteiger partial charge on any atom is -0.450 e. The Labute approximate surface area is 97.5 Å². The average molecular weight is 239 g/mol. The Morgan fingerprint density at radius 3 is 2.18 bits per heavy atom. The Morgan fingerprint density at radius 1 is 1.29 bits per heavy atom. The van der Waals surface area contributed by atoms with Crippen LogP contribution >= 0.6 is 0 Å². The fourth-order valence-electron chi connectivity index (χ4n) is 1.01. The molecular formula is C10H13N3O4. The molecule has 7 heteroatoms. The van der Waals surface area contributed by atoms with Crippen molar-refractivity contribution in [1.82, 2.24) is 15.3 Å². The molecule has 1 aliphatic carbocycles. The third kappa shape index (κ3) is 5.45. The third-order valence-corrected chi connectivity index (χ3v) is 1.96. The van der Waals surface area contributed by atoms with E-state index in [-0.39, 0.29) is 5.91 Å². The van der Waals surface area contributed by atoms with Gasteiger partial charge in [0.25, 0.3) is 5.91 Å². The van der Waals surface area contributed by atoms with Gasteiger partial charge in [-0.05, 0) is 19.8 Å². The van der Waals surface area contributed by atoms with Gasteiger partial charge in [0.15, 0.2) is 0 Å². The molecule has 0 saturated heterocycles. The maximum Gasteiger partial charge on any atom is 0.503 e. The molecule has 1 aromatic heterocycles. The van der Waals surface area contributed by atoms with Gasteiger partial charge in [-0.3, -0.25) is 4.79 Å². The Morgan fingerprint density at radius 2 is 1.76 bits per heavy atom. The van der Waals surface area contributed by atoms with Crippen molar-refractivity contribution in [2.45, 2.75) is 25.8 Å². The summed E-state index contributed by atoms with van der Waals surface area (Å²) < 4.78 is 0. The Kier molecular flexibility index (Phi) is 4.38. The molecule has 0 atom stereocenters. The first-order chi connectivity index (χ1) is 7.99. The number of rotatable bonds is 2. The number of nitrogens with zero attached hydrogens (tertiary/aromatic N) is 2. The normalized spacial score (nSPS) is 13.2. The lowest BCUT2D eigenvalue weighted by Crippen LogP contribution is -2.25. The summed E-state index contributed by atoms with van der Waals surface area (Å²) in [5.41, 5.74) is 0.539. The Balaban J connectivity index is 0.000000317. The second kappa shape index (κ2) is 5.78. The van der Waals surface area contributed by atoms with Crippen LogP contribution in [0.3, 0.4) is 0 Å². The van der Waals surface area contributed by atoms with Crippen molar-refractivity contribution in [1.29, 1.82) is 0 Å². The zero-order chi connectivity index (χ0) is 12.8. The van der Waals surface area contributed by atoms with Crippen LogP contribution < -0.4 is 5.32 Å². The van der Waals surface area contributed by atoms with E-state index in [1.807, 2.05) is 0 Å². The van der Waals surface area contributed by atoms with Crippen LogP contribution in [0.1, 0.15) is 29.0 Å². The van der Waals surface area contributed by atoms with Gasteiger partial charge in [0.05, 0.1) is 5.56 Å². The third-order valence-electron chi connectivity index (χ3n) is 1.96. The minimum absolute atomic E-state index is 0.0671. The number of aryl methyl sites for hydroxylation is 1. The number of aromatic nitrogens is 2. The standard InChI is InChI=1S/C9H11N3O.CH2O3/c1-6-10-4-7(5-11-6)9(13)12-8-2-3-8;2-1(3)4/h4-5,8H,2-3H2,1H3,(H,12,13);(H2,2,3,4). The fourth-order valence-corrected chi connectivity index (χ4v) is 1.01. The Bertz CT molecular complexity index is 397. The fraction of sp³-hybridized carbons (Fsp3) is 0.400. The van der Waals surface area contributed by atoms with Crippen LogP contribution in [0.25, 0.3) is 0 Å². The lowest BCUT2D eigenvalue weighted by Gasteiger charge is -2.01. The maximum atomic E-state index is 11.4. The van der Waals surface area contributed by atoms with Gasteiger partial charge in [-0.25, -0.2) is 14.8 Å². The molecular weight excluding hydrogens is 226 g/mol. The number of carbonyl (C=O) groups is 2. The van der Waals surface area contributed by atoms with E-state index >= 15 is 0 Å². The second-order valence-corrected chi connectivity index (χ2v) is 3.55. The molecule has 17 heavy (non-hydrogen) atoms. The average Bonchev–Trinajstić information content (AvgIpc) is 3.01. The van der Waals surface area contributed by atoms with Crippen LogP contribution in [-0.4, -0.2) is 38.3 Å². The number of hydrogen-bond acceptors (Lipinski definition) is 4. The summed E-state index contributed by atoms with van der Waals surface area (Å²) in [5.74, 6) is 0.616. The molecule has 92 valence electrons. The quantitative estimate of drug-likeness (QED) is 0.706. The van der Waals surface area contributed by atoms with Crippen LogP contribution in [0.4, 0.5) is 4.79 Å². The topological polar surface area (TPSA) is 112 Å².